The first-order chi connectivity index (χ1) is 12.0. The lowest BCUT2D eigenvalue weighted by Crippen LogP contribution is -2.58. The van der Waals surface area contributed by atoms with Crippen molar-refractivity contribution >= 4 is 58.3 Å². The molecule has 126 valence electrons. The molecule has 0 aliphatic carbocycles. The SMILES string of the molecule is O=C1NC(=S)N(c2ccc(Cl)cc2)C(=O)[C@H]1C=Nc1ccccc1F. The molecular weight excluding hydrogens is 365 g/mol. The number of nitrogens with one attached hydrogen (secondary N) is 1. The lowest BCUT2D eigenvalue weighted by Gasteiger charge is -2.30. The van der Waals surface area contributed by atoms with Gasteiger partial charge in [0.2, 0.25) is 5.91 Å². The van der Waals surface area contributed by atoms with Crippen LogP contribution in [0.2, 0.25) is 5.02 Å². The maximum atomic E-state index is 13.6. The zero-order valence-electron chi connectivity index (χ0n) is 12.6. The normalized spacial score (nSPS) is 17.9. The smallest absolute Gasteiger partial charge is 0.251 e. The monoisotopic (exact) mass is 375 g/mol. The first kappa shape index (κ1) is 17.2. The van der Waals surface area contributed by atoms with Crippen molar-refractivity contribution in [3.05, 3.63) is 59.4 Å². The summed E-state index contributed by atoms with van der Waals surface area (Å²) in [6, 6.07) is 12.2. The Hall–Kier alpha value is -2.64. The van der Waals surface area contributed by atoms with Gasteiger partial charge in [-0.15, -0.1) is 0 Å². The van der Waals surface area contributed by atoms with E-state index in [1.54, 1.807) is 30.3 Å². The van der Waals surface area contributed by atoms with E-state index in [0.29, 0.717) is 10.7 Å². The second-order valence-electron chi connectivity index (χ2n) is 5.15. The maximum Gasteiger partial charge on any atom is 0.251 e. The maximum absolute atomic E-state index is 13.6. The predicted octanol–water partition coefficient (Wildman–Crippen LogP) is 3.25. The molecule has 2 aromatic rings. The molecule has 0 aromatic heterocycles. The van der Waals surface area contributed by atoms with E-state index < -0.39 is 23.5 Å². The van der Waals surface area contributed by atoms with Crippen LogP contribution in [0.25, 0.3) is 0 Å². The number of carbonyl (C=O) groups is 2. The van der Waals surface area contributed by atoms with Crippen LogP contribution in [-0.2, 0) is 9.59 Å². The highest BCUT2D eigenvalue weighted by Crippen LogP contribution is 2.23. The van der Waals surface area contributed by atoms with Crippen LogP contribution >= 0.6 is 23.8 Å². The van der Waals surface area contributed by atoms with Crippen LogP contribution in [0.3, 0.4) is 0 Å². The van der Waals surface area contributed by atoms with Crippen molar-refractivity contribution in [3.8, 4) is 0 Å². The topological polar surface area (TPSA) is 61.8 Å². The van der Waals surface area contributed by atoms with Crippen LogP contribution in [0, 0.1) is 11.7 Å². The van der Waals surface area contributed by atoms with Gasteiger partial charge in [-0.25, -0.2) is 4.39 Å². The summed E-state index contributed by atoms with van der Waals surface area (Å²) in [4.78, 5) is 29.9. The van der Waals surface area contributed by atoms with Gasteiger partial charge >= 0.3 is 0 Å². The minimum atomic E-state index is -1.22. The molecule has 0 unspecified atom stereocenters. The molecule has 1 aliphatic heterocycles. The van der Waals surface area contributed by atoms with E-state index in [9.17, 15) is 14.0 Å². The minimum Gasteiger partial charge on any atom is -0.301 e. The number of benzene rings is 2. The first-order valence-electron chi connectivity index (χ1n) is 7.20. The Morgan fingerprint density at radius 3 is 2.52 bits per heavy atom. The van der Waals surface area contributed by atoms with Gasteiger partial charge in [0, 0.05) is 11.2 Å². The van der Waals surface area contributed by atoms with Crippen LogP contribution in [-0.4, -0.2) is 23.1 Å². The lowest BCUT2D eigenvalue weighted by molar-refractivity contribution is -0.130. The summed E-state index contributed by atoms with van der Waals surface area (Å²) in [5, 5.41) is 2.92. The second-order valence-corrected chi connectivity index (χ2v) is 5.97. The minimum absolute atomic E-state index is 0.0344. The molecule has 1 aliphatic rings. The molecule has 1 atom stereocenters. The molecule has 2 aromatic carbocycles. The highest BCUT2D eigenvalue weighted by Gasteiger charge is 2.38. The largest absolute Gasteiger partial charge is 0.301 e. The number of aliphatic imine (C=N–C) groups is 1. The van der Waals surface area contributed by atoms with Crippen LogP contribution in [0.5, 0.6) is 0 Å². The zero-order chi connectivity index (χ0) is 18.0. The first-order valence-corrected chi connectivity index (χ1v) is 7.99. The molecule has 0 saturated carbocycles. The molecular formula is C17H11ClFN3O2S. The fourth-order valence-electron chi connectivity index (χ4n) is 2.27. The van der Waals surface area contributed by atoms with Gasteiger partial charge in [0.05, 0.1) is 11.4 Å². The van der Waals surface area contributed by atoms with E-state index in [1.165, 1.54) is 23.1 Å². The second kappa shape index (κ2) is 7.08. The van der Waals surface area contributed by atoms with Crippen molar-refractivity contribution in [3.63, 3.8) is 0 Å². The summed E-state index contributed by atoms with van der Waals surface area (Å²) in [5.74, 6) is -2.95. The number of hydrogen-bond acceptors (Lipinski definition) is 4. The van der Waals surface area contributed by atoms with E-state index in [2.05, 4.69) is 10.3 Å². The van der Waals surface area contributed by atoms with Crippen LogP contribution in [0.15, 0.2) is 53.5 Å². The van der Waals surface area contributed by atoms with Crippen molar-refractivity contribution in [1.29, 1.82) is 0 Å². The predicted molar refractivity (Wildman–Crippen MR) is 97.7 cm³/mol. The van der Waals surface area contributed by atoms with Crippen molar-refractivity contribution in [2.24, 2.45) is 10.9 Å². The molecule has 0 spiro atoms. The summed E-state index contributed by atoms with van der Waals surface area (Å²) in [7, 11) is 0. The molecule has 8 heteroatoms. The van der Waals surface area contributed by atoms with E-state index in [-0.39, 0.29) is 10.8 Å². The zero-order valence-corrected chi connectivity index (χ0v) is 14.2. The lowest BCUT2D eigenvalue weighted by atomic mass is 10.1. The number of rotatable bonds is 3. The summed E-state index contributed by atoms with van der Waals surface area (Å²) < 4.78 is 13.6. The molecule has 1 saturated heterocycles. The van der Waals surface area contributed by atoms with E-state index in [1.807, 2.05) is 0 Å². The number of para-hydroxylation sites is 1. The van der Waals surface area contributed by atoms with Gasteiger partial charge in [0.15, 0.2) is 11.0 Å². The molecule has 0 bridgehead atoms. The third-order valence-corrected chi connectivity index (χ3v) is 4.04. The highest BCUT2D eigenvalue weighted by atomic mass is 35.5. The van der Waals surface area contributed by atoms with E-state index in [4.69, 9.17) is 23.8 Å². The third kappa shape index (κ3) is 3.57. The fourth-order valence-corrected chi connectivity index (χ4v) is 2.69. The number of nitrogens with zero attached hydrogens (tertiary/aromatic N) is 2. The number of halogens is 2. The van der Waals surface area contributed by atoms with Gasteiger partial charge in [-0.1, -0.05) is 23.7 Å². The Bertz CT molecular complexity index is 886. The van der Waals surface area contributed by atoms with Crippen molar-refractivity contribution < 1.29 is 14.0 Å². The number of hydrogen-bond donors (Lipinski definition) is 1. The fraction of sp³-hybridized carbons (Fsp3) is 0.0588. The van der Waals surface area contributed by atoms with Gasteiger partial charge in [0.25, 0.3) is 5.91 Å². The Morgan fingerprint density at radius 1 is 1.16 bits per heavy atom. The Kier molecular flexibility index (Phi) is 4.87. The molecule has 1 N–H and O–H groups in total. The van der Waals surface area contributed by atoms with Crippen LogP contribution < -0.4 is 10.2 Å². The van der Waals surface area contributed by atoms with E-state index in [0.717, 1.165) is 6.21 Å². The number of carbonyl (C=O) groups excluding carboxylic acids is 2. The molecule has 1 fully saturated rings. The van der Waals surface area contributed by atoms with Gasteiger partial charge in [-0.3, -0.25) is 19.5 Å². The Balaban J connectivity index is 1.90. The summed E-state index contributed by atoms with van der Waals surface area (Å²) >= 11 is 10.9. The van der Waals surface area contributed by atoms with Crippen LogP contribution in [0.1, 0.15) is 0 Å². The summed E-state index contributed by atoms with van der Waals surface area (Å²) in [5.41, 5.74) is 0.498. The van der Waals surface area contributed by atoms with Gasteiger partial charge in [-0.2, -0.15) is 0 Å². The molecule has 2 amide bonds. The Labute approximate surface area is 153 Å². The number of thiocarbonyl (C=S) groups is 1. The summed E-state index contributed by atoms with van der Waals surface area (Å²) in [6.45, 7) is 0. The molecule has 1 heterocycles. The average molecular weight is 376 g/mol. The van der Waals surface area contributed by atoms with Gasteiger partial charge in [-0.05, 0) is 48.6 Å². The van der Waals surface area contributed by atoms with Gasteiger partial charge in [0.1, 0.15) is 5.82 Å². The van der Waals surface area contributed by atoms with E-state index >= 15 is 0 Å². The Morgan fingerprint density at radius 2 is 1.84 bits per heavy atom. The van der Waals surface area contributed by atoms with Crippen molar-refractivity contribution in [2.45, 2.75) is 0 Å². The number of amides is 2. The quantitative estimate of drug-likeness (QED) is 0.509. The van der Waals surface area contributed by atoms with Gasteiger partial charge < -0.3 is 5.32 Å². The van der Waals surface area contributed by atoms with Crippen molar-refractivity contribution in [1.82, 2.24) is 5.32 Å². The molecule has 5 nitrogen and oxygen atoms in total. The summed E-state index contributed by atoms with van der Waals surface area (Å²) in [6.07, 6.45) is 1.11. The van der Waals surface area contributed by atoms with Crippen molar-refractivity contribution in [2.75, 3.05) is 4.90 Å². The molecule has 0 radical (unpaired) electrons. The molecule has 25 heavy (non-hydrogen) atoms. The standard InChI is InChI=1S/C17H11ClFN3O2S/c18-10-5-7-11(8-6-10)22-16(24)12(15(23)21-17(22)25)9-20-14-4-2-1-3-13(14)19/h1-9,12H,(H,21,23,25)/t12-/m0/s1. The highest BCUT2D eigenvalue weighted by molar-refractivity contribution is 7.80. The number of anilines is 1. The molecule has 3 rings (SSSR count). The average Bonchev–Trinajstić information content (AvgIpc) is 2.57. The van der Waals surface area contributed by atoms with Crippen LogP contribution in [0.4, 0.5) is 15.8 Å². The third-order valence-electron chi connectivity index (χ3n) is 3.50.